The van der Waals surface area contributed by atoms with E-state index in [-0.39, 0.29) is 67.9 Å². The summed E-state index contributed by atoms with van der Waals surface area (Å²) in [5.74, 6) is -0.351. The molecule has 0 bridgehead atoms. The molecule has 87 heavy (non-hydrogen) atoms. The van der Waals surface area contributed by atoms with E-state index in [1.54, 1.807) is 0 Å². The molecule has 3 saturated heterocycles. The predicted molar refractivity (Wildman–Crippen MR) is 281 cm³/mol. The van der Waals surface area contributed by atoms with Crippen molar-refractivity contribution in [1.82, 2.24) is 78.1 Å². The molecule has 11 rings (SSSR count). The van der Waals surface area contributed by atoms with Gasteiger partial charge in [-0.3, -0.25) is 45.4 Å². The molecule has 0 amide bonds. The van der Waals surface area contributed by atoms with Crippen LogP contribution in [0.15, 0.2) is 50.6 Å². The van der Waals surface area contributed by atoms with Gasteiger partial charge in [-0.05, 0) is 0 Å². The van der Waals surface area contributed by atoms with Crippen LogP contribution < -0.4 is 22.9 Å². The first kappa shape index (κ1) is 62.1. The number of anilines is 4. The molecule has 0 saturated carbocycles. The van der Waals surface area contributed by atoms with Gasteiger partial charge in [0.15, 0.2) is 64.5 Å². The lowest BCUT2D eigenvalue weighted by atomic mass is 10.1. The number of nitrogens with two attached hydrogens (primary N) is 4. The Labute approximate surface area is 482 Å². The Morgan fingerprint density at radius 2 is 0.851 bits per heavy atom. The third kappa shape index (κ3) is 12.9. The lowest BCUT2D eigenvalue weighted by Crippen LogP contribution is -2.38. The SMILES string of the molecule is Nc1ncnc2c1ncn2C[C@H](O)[C@@H](COP(=O)(O)O[C@@H]1[C@H](O)[C@@H](COP(=O)(O)O)O[C@H]1n1cnc2c(N)ncnc21)OP(=O)(O)OC[C@H]1O[C@@H](n2cnc3c(N)ncnc32)[C@H](OP(=O)(O)OC[C@H]2O[C@@H](n3cnc4c(N)ncnc43)[C@H](O)[C@@H]2O)[C@@H]1O. The molecule has 0 aliphatic carbocycles. The average molecular weight is 1310 g/mol. The summed E-state index contributed by atoms with van der Waals surface area (Å²) in [5.41, 5.74) is 23.8. The van der Waals surface area contributed by atoms with E-state index in [0.717, 1.165) is 53.4 Å². The molecule has 3 unspecified atom stereocenters. The summed E-state index contributed by atoms with van der Waals surface area (Å²) in [4.78, 5) is 101. The molecular weight excluding hydrogens is 1260 g/mol. The zero-order valence-corrected chi connectivity index (χ0v) is 47.3. The summed E-state index contributed by atoms with van der Waals surface area (Å²) in [6, 6.07) is 0. The first-order valence-corrected chi connectivity index (χ1v) is 30.9. The Morgan fingerprint density at radius 3 is 1.32 bits per heavy atom. The Balaban J connectivity index is 0.809. The number of phosphoric acid groups is 4. The first-order chi connectivity index (χ1) is 41.2. The number of imidazole rings is 4. The standard InChI is InChI=1S/C39H50N20O24P4/c40-29-19-33(48-6-44-29)56(10-52-19)1-14(60)15(2-75-86(70,71)82-27-24(62)17(3-74-84(65,66)67)79-38(27)58-12-54-21-31(42)46-8-50-35(21)58)81-85(68,69)76-5-18-25(63)28(39(80-18)59-13-55-22-32(43)47-9-51-36(22)59)83-87(72,73)77-4-16-23(61)26(64)37(78-16)57-11-53-20-30(41)45-7-49-34(20)57/h6-18,23-28,37-39,60-64H,1-5H2,(H,68,69)(H,70,71)(H,72,73)(H2,40,44,48)(H2,41,45,49)(H2,42,46,50)(H2,43,47,51)(H2,65,66,67)/t14-,15+,16+,17+,18+,23+,24+,25+,26+,27+,28+,37+,38+,39+/m0/s1. The fourth-order valence-corrected chi connectivity index (χ4v) is 12.6. The molecule has 0 spiro atoms. The van der Waals surface area contributed by atoms with Crippen molar-refractivity contribution in [3.8, 4) is 0 Å². The van der Waals surface area contributed by atoms with Crippen LogP contribution in [0.1, 0.15) is 18.7 Å². The van der Waals surface area contributed by atoms with Crippen LogP contribution in [0.25, 0.3) is 44.7 Å². The van der Waals surface area contributed by atoms with E-state index in [0.29, 0.717) is 0 Å². The molecule has 3 aliphatic heterocycles. The number of aromatic nitrogens is 16. The van der Waals surface area contributed by atoms with E-state index >= 15 is 0 Å². The van der Waals surface area contributed by atoms with Gasteiger partial charge in [0.2, 0.25) is 0 Å². The maximum Gasteiger partial charge on any atom is 0.472 e. The maximum atomic E-state index is 14.0. The number of rotatable bonds is 24. The summed E-state index contributed by atoms with van der Waals surface area (Å²) in [7, 11) is -22.0. The van der Waals surface area contributed by atoms with Crippen molar-refractivity contribution in [3.05, 3.63) is 50.6 Å². The topological polar surface area (TPSA) is 641 Å². The third-order valence-electron chi connectivity index (χ3n) is 13.6. The second kappa shape index (κ2) is 24.1. The van der Waals surface area contributed by atoms with Crippen molar-refractivity contribution in [3.63, 3.8) is 0 Å². The van der Waals surface area contributed by atoms with E-state index in [1.807, 2.05) is 0 Å². The van der Waals surface area contributed by atoms with Gasteiger partial charge >= 0.3 is 31.3 Å². The maximum absolute atomic E-state index is 14.0. The number of hydrogen-bond acceptors (Lipinski definition) is 35. The van der Waals surface area contributed by atoms with Gasteiger partial charge in [0, 0.05) is 0 Å². The van der Waals surface area contributed by atoms with Gasteiger partial charge < -0.3 is 91.7 Å². The second-order valence-electron chi connectivity index (χ2n) is 19.2. The Kier molecular flexibility index (Phi) is 17.2. The molecule has 3 fully saturated rings. The van der Waals surface area contributed by atoms with Crippen LogP contribution in [-0.4, -0.2) is 222 Å². The highest BCUT2D eigenvalue weighted by atomic mass is 31.2. The molecule has 18 N–H and O–H groups in total. The minimum Gasteiger partial charge on any atom is -0.388 e. The fourth-order valence-electron chi connectivity index (χ4n) is 9.46. The first-order valence-electron chi connectivity index (χ1n) is 24.9. The van der Waals surface area contributed by atoms with Crippen molar-refractivity contribution in [1.29, 1.82) is 0 Å². The van der Waals surface area contributed by atoms with Crippen LogP contribution in [0.2, 0.25) is 0 Å². The number of fused-ring (bicyclic) bond motifs is 4. The number of nitrogen functional groups attached to an aromatic ring is 4. The molecule has 0 aromatic carbocycles. The monoisotopic (exact) mass is 1310 g/mol. The summed E-state index contributed by atoms with van der Waals surface area (Å²) < 4.78 is 112. The predicted octanol–water partition coefficient (Wildman–Crippen LogP) is -4.21. The third-order valence-corrected chi connectivity index (χ3v) is 17.0. The van der Waals surface area contributed by atoms with Gasteiger partial charge in [-0.15, -0.1) is 0 Å². The van der Waals surface area contributed by atoms with Gasteiger partial charge in [-0.2, -0.15) is 0 Å². The van der Waals surface area contributed by atoms with Crippen molar-refractivity contribution >= 4 is 99.2 Å². The molecule has 0 radical (unpaired) electrons. The van der Waals surface area contributed by atoms with E-state index < -0.39 is 150 Å². The van der Waals surface area contributed by atoms with Gasteiger partial charge in [0.05, 0.1) is 58.3 Å². The molecule has 8 aromatic heterocycles. The highest BCUT2D eigenvalue weighted by Gasteiger charge is 2.53. The Morgan fingerprint density at radius 1 is 0.471 bits per heavy atom. The summed E-state index contributed by atoms with van der Waals surface area (Å²) in [6.07, 6.45) is -17.2. The van der Waals surface area contributed by atoms with Crippen molar-refractivity contribution in [2.24, 2.45) is 0 Å². The van der Waals surface area contributed by atoms with Crippen LogP contribution >= 0.6 is 31.3 Å². The summed E-state index contributed by atoms with van der Waals surface area (Å²) in [5, 5.41) is 56.7. The zero-order chi connectivity index (χ0) is 62.1. The highest BCUT2D eigenvalue weighted by molar-refractivity contribution is 7.48. The number of phosphoric ester groups is 4. The highest BCUT2D eigenvalue weighted by Crippen LogP contribution is 2.54. The van der Waals surface area contributed by atoms with E-state index in [1.165, 1.54) is 15.5 Å². The summed E-state index contributed by atoms with van der Waals surface area (Å²) in [6.45, 7) is -5.14. The van der Waals surface area contributed by atoms with Gasteiger partial charge in [-0.1, -0.05) is 0 Å². The number of nitrogens with zero attached hydrogens (tertiary/aromatic N) is 16. The zero-order valence-electron chi connectivity index (χ0n) is 43.7. The fraction of sp³-hybridized carbons (Fsp3) is 0.487. The van der Waals surface area contributed by atoms with Crippen LogP contribution in [-0.2, 0) is 70.7 Å². The Bertz CT molecular complexity index is 4030. The van der Waals surface area contributed by atoms with Crippen LogP contribution in [0.5, 0.6) is 0 Å². The minimum absolute atomic E-state index is 0.00177. The molecule has 8 aromatic rings. The lowest BCUT2D eigenvalue weighted by Gasteiger charge is -2.28. The number of aliphatic hydroxyl groups excluding tert-OH is 5. The van der Waals surface area contributed by atoms with Crippen molar-refractivity contribution < 1.29 is 114 Å². The largest absolute Gasteiger partial charge is 0.472 e. The van der Waals surface area contributed by atoms with Crippen molar-refractivity contribution in [2.75, 3.05) is 49.4 Å². The smallest absolute Gasteiger partial charge is 0.388 e. The van der Waals surface area contributed by atoms with E-state index in [2.05, 4.69) is 64.3 Å². The molecule has 17 atom stereocenters. The molecular formula is C39H50N20O24P4. The van der Waals surface area contributed by atoms with Crippen LogP contribution in [0.4, 0.5) is 23.3 Å². The van der Waals surface area contributed by atoms with E-state index in [4.69, 9.17) is 64.3 Å². The number of aliphatic hydroxyl groups is 5. The number of ether oxygens (including phenoxy) is 3. The lowest BCUT2D eigenvalue weighted by molar-refractivity contribution is -0.0652. The van der Waals surface area contributed by atoms with Gasteiger partial charge in [0.1, 0.15) is 115 Å². The van der Waals surface area contributed by atoms with Crippen LogP contribution in [0.3, 0.4) is 0 Å². The number of hydrogen-bond donors (Lipinski definition) is 14. The van der Waals surface area contributed by atoms with Crippen molar-refractivity contribution in [2.45, 2.75) is 92.4 Å². The Hall–Kier alpha value is -6.48. The molecule has 11 heterocycles. The molecule has 48 heteroatoms. The second-order valence-corrected chi connectivity index (χ2v) is 24.6. The summed E-state index contributed by atoms with van der Waals surface area (Å²) >= 11 is 0. The van der Waals surface area contributed by atoms with Gasteiger partial charge in [-0.25, -0.2) is 78.1 Å². The molecule has 44 nitrogen and oxygen atoms in total. The van der Waals surface area contributed by atoms with Crippen LogP contribution in [0, 0.1) is 0 Å². The minimum atomic E-state index is -5.70. The normalized spacial score (nSPS) is 28.2. The average Bonchev–Trinajstić information content (AvgIpc) is 2.45. The quantitative estimate of drug-likeness (QED) is 0.0255. The van der Waals surface area contributed by atoms with Gasteiger partial charge in [0.25, 0.3) is 0 Å². The molecule has 470 valence electrons. The molecule has 3 aliphatic rings. The van der Waals surface area contributed by atoms with E-state index in [9.17, 15) is 68.3 Å².